The first-order valence-electron chi connectivity index (χ1n) is 19.8. The van der Waals surface area contributed by atoms with Gasteiger partial charge in [0.05, 0.1) is 29.7 Å². The quantitative estimate of drug-likeness (QED) is 0.164. The van der Waals surface area contributed by atoms with Crippen LogP contribution in [0, 0.1) is 0 Å². The van der Waals surface area contributed by atoms with Crippen molar-refractivity contribution >= 4 is 70.4 Å². The molecule has 12 rings (SSSR count). The van der Waals surface area contributed by atoms with Gasteiger partial charge >= 0.3 is 0 Å². The van der Waals surface area contributed by atoms with Crippen molar-refractivity contribution in [1.82, 2.24) is 20.5 Å². The van der Waals surface area contributed by atoms with Crippen molar-refractivity contribution in [3.63, 3.8) is 0 Å². The number of para-hydroxylation sites is 3. The average molecular weight is 755 g/mol. The van der Waals surface area contributed by atoms with Gasteiger partial charge in [-0.25, -0.2) is 0 Å². The molecule has 4 heterocycles. The third kappa shape index (κ3) is 5.19. The van der Waals surface area contributed by atoms with E-state index in [1.165, 1.54) is 64.6 Å². The number of hydrogen-bond acceptors (Lipinski definition) is 5. The van der Waals surface area contributed by atoms with Gasteiger partial charge in [0.15, 0.2) is 5.58 Å². The van der Waals surface area contributed by atoms with E-state index in [2.05, 4.69) is 190 Å². The molecule has 57 heavy (non-hydrogen) atoms. The van der Waals surface area contributed by atoms with Gasteiger partial charge in [0.25, 0.3) is 0 Å². The van der Waals surface area contributed by atoms with E-state index in [9.17, 15) is 0 Å². The van der Waals surface area contributed by atoms with Gasteiger partial charge in [0.2, 0.25) is 0 Å². The Morgan fingerprint density at radius 1 is 0.544 bits per heavy atom. The van der Waals surface area contributed by atoms with Gasteiger partial charge in [-0.05, 0) is 47.7 Å². The summed E-state index contributed by atoms with van der Waals surface area (Å²) in [7, 11) is 0. The zero-order chi connectivity index (χ0) is 37.5. The molecule has 1 aliphatic carbocycles. The van der Waals surface area contributed by atoms with E-state index in [-0.39, 0.29) is 18.5 Å². The molecule has 6 heteroatoms. The smallest absolute Gasteiger partial charge is 0.159 e. The fourth-order valence-electron chi connectivity index (χ4n) is 9.47. The molecule has 0 amide bonds. The van der Waals surface area contributed by atoms with E-state index in [0.717, 1.165) is 46.0 Å². The summed E-state index contributed by atoms with van der Waals surface area (Å²) in [5.74, 6) is 0. The summed E-state index contributed by atoms with van der Waals surface area (Å²) >= 11 is 1.87. The fourth-order valence-corrected chi connectivity index (χ4v) is 10.7. The molecule has 1 fully saturated rings. The topological polar surface area (TPSA) is 54.2 Å². The van der Waals surface area contributed by atoms with Crippen LogP contribution in [0.2, 0.25) is 0 Å². The minimum Gasteiger partial charge on any atom is -0.453 e. The molecule has 5 nitrogen and oxygen atoms in total. The predicted molar refractivity (Wildman–Crippen MR) is 237 cm³/mol. The van der Waals surface area contributed by atoms with Crippen LogP contribution in [0.1, 0.15) is 52.9 Å². The van der Waals surface area contributed by atoms with Crippen molar-refractivity contribution in [2.45, 2.75) is 31.3 Å². The SMILES string of the molecule is C1=Cc2c(n(-c3cccc4c3oc3c(-c5cccc6c5sc5cccc(C7NC(c8ccccc8)NC(c8ccccc8)N7)c56)cccc34)c3ccccc23)CC1. The Balaban J connectivity index is 1.02. The largest absolute Gasteiger partial charge is 0.453 e. The molecule has 2 aliphatic rings. The normalized spacial score (nSPS) is 18.3. The molecule has 10 aromatic rings. The summed E-state index contributed by atoms with van der Waals surface area (Å²) in [4.78, 5) is 0. The molecule has 1 aliphatic heterocycles. The highest BCUT2D eigenvalue weighted by molar-refractivity contribution is 7.26. The molecule has 3 aromatic heterocycles. The zero-order valence-corrected chi connectivity index (χ0v) is 31.9. The van der Waals surface area contributed by atoms with Gasteiger partial charge in [-0.3, -0.25) is 16.0 Å². The van der Waals surface area contributed by atoms with Crippen LogP contribution in [0.25, 0.3) is 75.9 Å². The summed E-state index contributed by atoms with van der Waals surface area (Å²) in [6.07, 6.45) is 6.45. The molecule has 1 saturated heterocycles. The number of fused-ring (bicyclic) bond motifs is 9. The molecule has 0 spiro atoms. The number of allylic oxidation sites excluding steroid dienone is 1. The van der Waals surface area contributed by atoms with Gasteiger partial charge in [-0.15, -0.1) is 11.3 Å². The van der Waals surface area contributed by atoms with Crippen molar-refractivity contribution in [2.24, 2.45) is 0 Å². The number of hydrogen-bond donors (Lipinski definition) is 3. The lowest BCUT2D eigenvalue weighted by atomic mass is 9.97. The molecule has 0 radical (unpaired) electrons. The van der Waals surface area contributed by atoms with E-state index in [4.69, 9.17) is 4.42 Å². The molecule has 274 valence electrons. The number of rotatable bonds is 5. The number of nitrogens with zero attached hydrogens (tertiary/aromatic N) is 1. The van der Waals surface area contributed by atoms with E-state index in [1.807, 2.05) is 11.3 Å². The van der Waals surface area contributed by atoms with E-state index in [0.29, 0.717) is 0 Å². The van der Waals surface area contributed by atoms with Crippen LogP contribution in [-0.2, 0) is 6.42 Å². The number of thiophene rings is 1. The van der Waals surface area contributed by atoms with Crippen LogP contribution in [0.3, 0.4) is 0 Å². The summed E-state index contributed by atoms with van der Waals surface area (Å²) in [6.45, 7) is 0. The highest BCUT2D eigenvalue weighted by Crippen LogP contribution is 2.46. The monoisotopic (exact) mass is 754 g/mol. The standard InChI is InChI=1S/C51H38N4OS/c1-3-15-31(16-4-1)49-52-50(32-17-5-2-6-18-32)54-51(53-49)40-26-14-30-44-45(40)39-25-12-24-38(48(39)57-44)37-22-11-21-35-36-23-13-29-43(47(36)56-46(35)37)55-41-27-9-7-19-33(41)34-20-8-10-28-42(34)55/h1-9,11-27,29-30,49-54H,10,28H2. The second-order valence-electron chi connectivity index (χ2n) is 15.2. The summed E-state index contributed by atoms with van der Waals surface area (Å²) in [5.41, 5.74) is 12.8. The Kier molecular flexibility index (Phi) is 7.60. The summed E-state index contributed by atoms with van der Waals surface area (Å²) < 4.78 is 12.1. The number of furan rings is 1. The van der Waals surface area contributed by atoms with Crippen molar-refractivity contribution < 1.29 is 4.42 Å². The van der Waals surface area contributed by atoms with E-state index < -0.39 is 0 Å². The molecular formula is C51H38N4OS. The molecule has 0 saturated carbocycles. The highest BCUT2D eigenvalue weighted by Gasteiger charge is 2.31. The first-order chi connectivity index (χ1) is 28.3. The fraction of sp³-hybridized carbons (Fsp3) is 0.0980. The first-order valence-corrected chi connectivity index (χ1v) is 20.7. The molecule has 7 aromatic carbocycles. The Morgan fingerprint density at radius 3 is 1.96 bits per heavy atom. The summed E-state index contributed by atoms with van der Waals surface area (Å²) in [5, 5.41) is 17.8. The lowest BCUT2D eigenvalue weighted by Gasteiger charge is -2.40. The molecule has 2 atom stereocenters. The second kappa shape index (κ2) is 13.2. The Labute approximate surface area is 333 Å². The third-order valence-corrected chi connectivity index (χ3v) is 13.2. The van der Waals surface area contributed by atoms with Crippen molar-refractivity contribution in [1.29, 1.82) is 0 Å². The minimum atomic E-state index is -0.102. The van der Waals surface area contributed by atoms with Crippen LogP contribution >= 0.6 is 11.3 Å². The Morgan fingerprint density at radius 2 is 1.18 bits per heavy atom. The van der Waals surface area contributed by atoms with Crippen molar-refractivity contribution in [3.8, 4) is 16.8 Å². The van der Waals surface area contributed by atoms with Crippen molar-refractivity contribution in [3.05, 3.63) is 192 Å². The maximum absolute atomic E-state index is 7.12. The summed E-state index contributed by atoms with van der Waals surface area (Å²) in [6, 6.07) is 56.9. The maximum Gasteiger partial charge on any atom is 0.159 e. The number of benzene rings is 7. The van der Waals surface area contributed by atoms with Gasteiger partial charge in [-0.2, -0.15) is 0 Å². The highest BCUT2D eigenvalue weighted by atomic mass is 32.1. The lowest BCUT2D eigenvalue weighted by Crippen LogP contribution is -2.54. The maximum atomic E-state index is 7.12. The predicted octanol–water partition coefficient (Wildman–Crippen LogP) is 12.7. The van der Waals surface area contributed by atoms with Gasteiger partial charge in [0.1, 0.15) is 5.58 Å². The van der Waals surface area contributed by atoms with Crippen LogP contribution in [0.4, 0.5) is 0 Å². The van der Waals surface area contributed by atoms with Gasteiger partial charge in [0, 0.05) is 58.7 Å². The number of aromatic nitrogens is 1. The molecule has 0 bridgehead atoms. The van der Waals surface area contributed by atoms with Crippen LogP contribution in [-0.4, -0.2) is 4.57 Å². The minimum absolute atomic E-state index is 0.0413. The van der Waals surface area contributed by atoms with E-state index >= 15 is 0 Å². The molecule has 3 N–H and O–H groups in total. The molecular weight excluding hydrogens is 717 g/mol. The van der Waals surface area contributed by atoms with Gasteiger partial charge < -0.3 is 8.98 Å². The number of nitrogens with one attached hydrogen (secondary N) is 3. The average Bonchev–Trinajstić information content (AvgIpc) is 3.97. The Bertz CT molecular complexity index is 3150. The van der Waals surface area contributed by atoms with Gasteiger partial charge in [-0.1, -0.05) is 152 Å². The second-order valence-corrected chi connectivity index (χ2v) is 16.3. The lowest BCUT2D eigenvalue weighted by molar-refractivity contribution is 0.204. The Hall–Kier alpha value is -6.28. The first kappa shape index (κ1) is 32.9. The van der Waals surface area contributed by atoms with Crippen LogP contribution in [0.5, 0.6) is 0 Å². The zero-order valence-electron chi connectivity index (χ0n) is 31.1. The van der Waals surface area contributed by atoms with Crippen molar-refractivity contribution in [2.75, 3.05) is 0 Å². The molecule has 2 unspecified atom stereocenters. The van der Waals surface area contributed by atoms with Crippen LogP contribution in [0.15, 0.2) is 168 Å². The van der Waals surface area contributed by atoms with E-state index in [1.54, 1.807) is 0 Å². The third-order valence-electron chi connectivity index (χ3n) is 12.0. The van der Waals surface area contributed by atoms with Crippen LogP contribution < -0.4 is 16.0 Å².